The van der Waals surface area contributed by atoms with Crippen LogP contribution in [0, 0.1) is 5.92 Å². The van der Waals surface area contributed by atoms with Crippen molar-refractivity contribution in [2.75, 3.05) is 19.6 Å². The van der Waals surface area contributed by atoms with Gasteiger partial charge in [-0.05, 0) is 80.0 Å². The summed E-state index contributed by atoms with van der Waals surface area (Å²) < 4.78 is 0. The maximum Gasteiger partial charge on any atom is 0.246 e. The normalized spacial score (nSPS) is 16.4. The average Bonchev–Trinajstić information content (AvgIpc) is 3.66. The van der Waals surface area contributed by atoms with E-state index in [1.165, 1.54) is 36.1 Å². The minimum Gasteiger partial charge on any atom is -0.508 e. The number of primary amides is 1. The molecule has 11 N–H and O–H groups in total. The maximum absolute atomic E-state index is 13.9. The monoisotopic (exact) mass is 780 g/mol. The standard InChI is InChI=1S/C39H56N8O9/c1-4-23(2)34(39(56)47-19-7-9-32(47)38(55)44-29(35(41)52)8-5-6-18-40)46-33(51)22-42-36(53)30(20-25-10-14-27(49)15-11-25)45-37(54)31(43-24(3)48)21-26-12-16-28(50)17-13-26/h10-17,23,29-32,34,49-50H,4-9,18-22,40H2,1-3H3,(H2,41,52)(H,42,53)(H,43,48)(H,44,55)(H,45,54)(H,46,51)/t23-,29-,30-,31-,32-,34-/m0/s1. The van der Waals surface area contributed by atoms with Crippen LogP contribution in [0.15, 0.2) is 48.5 Å². The highest BCUT2D eigenvalue weighted by atomic mass is 16.3. The molecule has 2 aromatic rings. The predicted molar refractivity (Wildman–Crippen MR) is 206 cm³/mol. The van der Waals surface area contributed by atoms with Crippen molar-refractivity contribution in [3.8, 4) is 11.5 Å². The minimum absolute atomic E-state index is 0.00505. The summed E-state index contributed by atoms with van der Waals surface area (Å²) in [4.78, 5) is 93.2. The second-order valence-electron chi connectivity index (χ2n) is 14.1. The fourth-order valence-electron chi connectivity index (χ4n) is 6.40. The van der Waals surface area contributed by atoms with E-state index in [1.807, 2.05) is 6.92 Å². The lowest BCUT2D eigenvalue weighted by Gasteiger charge is -2.32. The summed E-state index contributed by atoms with van der Waals surface area (Å²) in [6.07, 6.45) is 2.94. The maximum atomic E-state index is 13.9. The van der Waals surface area contributed by atoms with Gasteiger partial charge in [-0.1, -0.05) is 44.5 Å². The summed E-state index contributed by atoms with van der Waals surface area (Å²) in [6.45, 7) is 5.00. The van der Waals surface area contributed by atoms with Gasteiger partial charge in [-0.3, -0.25) is 33.6 Å². The van der Waals surface area contributed by atoms with E-state index in [9.17, 15) is 43.8 Å². The Labute approximate surface area is 326 Å². The zero-order chi connectivity index (χ0) is 41.4. The van der Waals surface area contributed by atoms with Gasteiger partial charge in [-0.15, -0.1) is 0 Å². The molecule has 1 heterocycles. The van der Waals surface area contributed by atoms with Crippen molar-refractivity contribution in [1.82, 2.24) is 31.5 Å². The SMILES string of the molecule is CC[C@H](C)[C@H](NC(=O)CNC(=O)[C@H](Cc1ccc(O)cc1)NC(=O)[C@H](Cc1ccc(O)cc1)NC(C)=O)C(=O)N1CCC[C@H]1C(=O)N[C@@H](CCCCN)C(N)=O. The molecule has 0 bridgehead atoms. The summed E-state index contributed by atoms with van der Waals surface area (Å²) in [5.74, 6) is -4.61. The smallest absolute Gasteiger partial charge is 0.246 e. The number of amides is 7. The Kier molecular flexibility index (Phi) is 17.6. The van der Waals surface area contributed by atoms with E-state index in [0.29, 0.717) is 56.2 Å². The van der Waals surface area contributed by atoms with Crippen LogP contribution in [0.1, 0.15) is 70.4 Å². The number of hydrogen-bond donors (Lipinski definition) is 9. The number of phenols is 2. The number of hydrogen-bond acceptors (Lipinski definition) is 10. The van der Waals surface area contributed by atoms with E-state index < -0.39 is 78.1 Å². The number of aromatic hydroxyl groups is 2. The highest BCUT2D eigenvalue weighted by molar-refractivity contribution is 5.96. The number of likely N-dealkylation sites (tertiary alicyclic amines) is 1. The largest absolute Gasteiger partial charge is 0.508 e. The van der Waals surface area contributed by atoms with Crippen molar-refractivity contribution >= 4 is 41.4 Å². The molecule has 3 rings (SSSR count). The Morgan fingerprint density at radius 2 is 1.38 bits per heavy atom. The van der Waals surface area contributed by atoms with Crippen LogP contribution in [-0.2, 0) is 46.4 Å². The van der Waals surface area contributed by atoms with E-state index in [1.54, 1.807) is 31.2 Å². The predicted octanol–water partition coefficient (Wildman–Crippen LogP) is -0.390. The van der Waals surface area contributed by atoms with Crippen molar-refractivity contribution < 1.29 is 43.8 Å². The topological polar surface area (TPSA) is 275 Å². The summed E-state index contributed by atoms with van der Waals surface area (Å²) in [7, 11) is 0. The van der Waals surface area contributed by atoms with Crippen molar-refractivity contribution in [1.29, 1.82) is 0 Å². The van der Waals surface area contributed by atoms with Gasteiger partial charge < -0.3 is 53.2 Å². The van der Waals surface area contributed by atoms with E-state index in [4.69, 9.17) is 11.5 Å². The first-order chi connectivity index (χ1) is 26.6. The summed E-state index contributed by atoms with van der Waals surface area (Å²) in [5, 5.41) is 32.6. The molecule has 0 spiro atoms. The molecule has 1 fully saturated rings. The lowest BCUT2D eigenvalue weighted by atomic mass is 9.97. The molecule has 2 aromatic carbocycles. The summed E-state index contributed by atoms with van der Waals surface area (Å²) in [5.41, 5.74) is 12.3. The molecule has 0 unspecified atom stereocenters. The van der Waals surface area contributed by atoms with Crippen LogP contribution < -0.4 is 38.1 Å². The zero-order valence-electron chi connectivity index (χ0n) is 32.2. The first kappa shape index (κ1) is 44.7. The lowest BCUT2D eigenvalue weighted by Crippen LogP contribution is -2.58. The van der Waals surface area contributed by atoms with Gasteiger partial charge in [-0.25, -0.2) is 0 Å². The molecule has 1 saturated heterocycles. The van der Waals surface area contributed by atoms with Crippen LogP contribution >= 0.6 is 0 Å². The quantitative estimate of drug-likeness (QED) is 0.0740. The third kappa shape index (κ3) is 13.9. The van der Waals surface area contributed by atoms with Gasteiger partial charge in [-0.2, -0.15) is 0 Å². The van der Waals surface area contributed by atoms with Crippen LogP contribution in [0.25, 0.3) is 0 Å². The van der Waals surface area contributed by atoms with E-state index >= 15 is 0 Å². The first-order valence-corrected chi connectivity index (χ1v) is 18.9. The molecule has 0 saturated carbocycles. The molecule has 0 radical (unpaired) electrons. The van der Waals surface area contributed by atoms with Crippen molar-refractivity contribution in [3.05, 3.63) is 59.7 Å². The Morgan fingerprint density at radius 1 is 0.804 bits per heavy atom. The van der Waals surface area contributed by atoms with Gasteiger partial charge in [0.2, 0.25) is 41.4 Å². The fraction of sp³-hybridized carbons (Fsp3) is 0.513. The van der Waals surface area contributed by atoms with Crippen LogP contribution in [0.3, 0.4) is 0 Å². The van der Waals surface area contributed by atoms with Crippen LogP contribution in [0.4, 0.5) is 0 Å². The van der Waals surface area contributed by atoms with E-state index in [-0.39, 0.29) is 36.8 Å². The molecule has 0 aliphatic carbocycles. The Hall–Kier alpha value is -5.71. The molecule has 17 nitrogen and oxygen atoms in total. The van der Waals surface area contributed by atoms with Gasteiger partial charge >= 0.3 is 0 Å². The number of carbonyl (C=O) groups excluding carboxylic acids is 7. The van der Waals surface area contributed by atoms with E-state index in [2.05, 4.69) is 26.6 Å². The van der Waals surface area contributed by atoms with Crippen LogP contribution in [0.2, 0.25) is 0 Å². The second-order valence-corrected chi connectivity index (χ2v) is 14.1. The molecule has 7 amide bonds. The molecule has 0 aromatic heterocycles. The average molecular weight is 781 g/mol. The molecule has 306 valence electrons. The number of phenolic OH excluding ortho intramolecular Hbond substituents is 2. The highest BCUT2D eigenvalue weighted by Crippen LogP contribution is 2.22. The Balaban J connectivity index is 1.72. The lowest BCUT2D eigenvalue weighted by molar-refractivity contribution is -0.143. The second kappa shape index (κ2) is 22.0. The third-order valence-corrected chi connectivity index (χ3v) is 9.74. The zero-order valence-corrected chi connectivity index (χ0v) is 32.2. The molecule has 56 heavy (non-hydrogen) atoms. The van der Waals surface area contributed by atoms with Crippen molar-refractivity contribution in [3.63, 3.8) is 0 Å². The number of nitrogens with zero attached hydrogens (tertiary/aromatic N) is 1. The number of carbonyl (C=O) groups is 7. The first-order valence-electron chi connectivity index (χ1n) is 18.9. The minimum atomic E-state index is -1.23. The molecule has 1 aliphatic heterocycles. The molecular weight excluding hydrogens is 724 g/mol. The fourth-order valence-corrected chi connectivity index (χ4v) is 6.40. The van der Waals surface area contributed by atoms with E-state index in [0.717, 1.165) is 0 Å². The summed E-state index contributed by atoms with van der Waals surface area (Å²) >= 11 is 0. The highest BCUT2D eigenvalue weighted by Gasteiger charge is 2.40. The van der Waals surface area contributed by atoms with Crippen molar-refractivity contribution in [2.24, 2.45) is 17.4 Å². The van der Waals surface area contributed by atoms with Gasteiger partial charge in [0.05, 0.1) is 6.54 Å². The molecular formula is C39H56N8O9. The molecule has 17 heteroatoms. The number of benzene rings is 2. The molecule has 6 atom stereocenters. The van der Waals surface area contributed by atoms with Crippen LogP contribution in [-0.4, -0.2) is 106 Å². The van der Waals surface area contributed by atoms with Crippen LogP contribution in [0.5, 0.6) is 11.5 Å². The van der Waals surface area contributed by atoms with Gasteiger partial charge in [0, 0.05) is 26.3 Å². The third-order valence-electron chi connectivity index (χ3n) is 9.74. The molecule has 1 aliphatic rings. The van der Waals surface area contributed by atoms with Crippen molar-refractivity contribution in [2.45, 2.75) is 102 Å². The Morgan fingerprint density at radius 3 is 1.89 bits per heavy atom. The number of rotatable bonds is 21. The number of unbranched alkanes of at least 4 members (excludes halogenated alkanes) is 1. The van der Waals surface area contributed by atoms with Gasteiger partial charge in [0.25, 0.3) is 0 Å². The van der Waals surface area contributed by atoms with Gasteiger partial charge in [0.1, 0.15) is 41.7 Å². The Bertz CT molecular complexity index is 1670. The number of nitrogens with two attached hydrogens (primary N) is 2. The van der Waals surface area contributed by atoms with Gasteiger partial charge in [0.15, 0.2) is 0 Å². The summed E-state index contributed by atoms with van der Waals surface area (Å²) in [6, 6.07) is 6.90. The number of nitrogens with one attached hydrogen (secondary N) is 5.